The number of hydrogen-bond acceptors (Lipinski definition) is 3. The maximum Gasteiger partial charge on any atom is 0.147 e. The predicted molar refractivity (Wildman–Crippen MR) is 126 cm³/mol. The Bertz CT molecular complexity index is 1090. The lowest BCUT2D eigenvalue weighted by Gasteiger charge is -2.12. The summed E-state index contributed by atoms with van der Waals surface area (Å²) >= 11 is 0. The van der Waals surface area contributed by atoms with Crippen molar-refractivity contribution in [2.24, 2.45) is 0 Å². The smallest absolute Gasteiger partial charge is 0.147 e. The van der Waals surface area contributed by atoms with Crippen LogP contribution in [0.3, 0.4) is 0 Å². The van der Waals surface area contributed by atoms with Gasteiger partial charge in [-0.25, -0.2) is 4.98 Å². The molecule has 4 rings (SSSR count). The summed E-state index contributed by atoms with van der Waals surface area (Å²) in [5.41, 5.74) is 3.49. The summed E-state index contributed by atoms with van der Waals surface area (Å²) in [4.78, 5) is 4.80. The second kappa shape index (κ2) is 10.2. The predicted octanol–water partition coefficient (Wildman–Crippen LogP) is 6.60. The summed E-state index contributed by atoms with van der Waals surface area (Å²) < 4.78 is 14.2. The molecule has 0 aliphatic heterocycles. The van der Waals surface area contributed by atoms with Gasteiger partial charge in [0.2, 0.25) is 0 Å². The fourth-order valence-corrected chi connectivity index (χ4v) is 3.69. The van der Waals surface area contributed by atoms with Crippen molar-refractivity contribution in [2.45, 2.75) is 45.8 Å². The molecule has 160 valence electrons. The summed E-state index contributed by atoms with van der Waals surface area (Å²) in [6.45, 7) is 6.40. The molecule has 0 bridgehead atoms. The molecule has 0 aliphatic carbocycles. The number of ether oxygens (including phenoxy) is 2. The Hall–Kier alpha value is -3.27. The number of aryl methyl sites for hydroxylation is 1. The van der Waals surface area contributed by atoms with Crippen LogP contribution in [0.2, 0.25) is 0 Å². The van der Waals surface area contributed by atoms with Gasteiger partial charge in [0.15, 0.2) is 0 Å². The number of aromatic nitrogens is 2. The summed E-state index contributed by atoms with van der Waals surface area (Å²) in [7, 11) is 0. The molecular weight excluding hydrogens is 384 g/mol. The average Bonchev–Trinajstić information content (AvgIpc) is 3.18. The quantitative estimate of drug-likeness (QED) is 0.274. The molecular formula is C27H30N2O2. The zero-order valence-corrected chi connectivity index (χ0v) is 18.3. The van der Waals surface area contributed by atoms with Crippen molar-refractivity contribution in [3.8, 4) is 11.5 Å². The first kappa shape index (κ1) is 21.0. The minimum atomic E-state index is 0.441. The Labute approximate surface area is 184 Å². The van der Waals surface area contributed by atoms with Crippen LogP contribution in [0.25, 0.3) is 11.0 Å². The minimum absolute atomic E-state index is 0.441. The van der Waals surface area contributed by atoms with Gasteiger partial charge in [-0.3, -0.25) is 0 Å². The average molecular weight is 415 g/mol. The van der Waals surface area contributed by atoms with Crippen LogP contribution in [0.1, 0.15) is 44.0 Å². The lowest BCUT2D eigenvalue weighted by atomic mass is 9.99. The molecule has 0 radical (unpaired) electrons. The van der Waals surface area contributed by atoms with E-state index in [0.717, 1.165) is 47.7 Å². The molecule has 4 heteroatoms. The van der Waals surface area contributed by atoms with Crippen molar-refractivity contribution in [2.75, 3.05) is 6.61 Å². The second-order valence-electron chi connectivity index (χ2n) is 7.85. The van der Waals surface area contributed by atoms with Gasteiger partial charge < -0.3 is 14.0 Å². The van der Waals surface area contributed by atoms with E-state index in [-0.39, 0.29) is 0 Å². The lowest BCUT2D eigenvalue weighted by molar-refractivity contribution is 0.280. The van der Waals surface area contributed by atoms with E-state index >= 15 is 0 Å². The summed E-state index contributed by atoms with van der Waals surface area (Å²) in [6, 6.07) is 26.6. The zero-order valence-electron chi connectivity index (χ0n) is 18.3. The number of rotatable bonds is 10. The van der Waals surface area contributed by atoms with Gasteiger partial charge in [0.1, 0.15) is 23.9 Å². The Morgan fingerprint density at radius 2 is 1.55 bits per heavy atom. The van der Waals surface area contributed by atoms with E-state index in [2.05, 4.69) is 54.8 Å². The zero-order chi connectivity index (χ0) is 21.5. The number of para-hydroxylation sites is 3. The molecule has 0 amide bonds. The van der Waals surface area contributed by atoms with E-state index in [0.29, 0.717) is 19.1 Å². The maximum atomic E-state index is 5.99. The molecule has 31 heavy (non-hydrogen) atoms. The third kappa shape index (κ3) is 5.26. The lowest BCUT2D eigenvalue weighted by Crippen LogP contribution is -2.10. The van der Waals surface area contributed by atoms with Gasteiger partial charge in [0, 0.05) is 6.54 Å². The number of fused-ring (bicyclic) bond motifs is 1. The molecule has 1 aromatic heterocycles. The second-order valence-corrected chi connectivity index (χ2v) is 7.85. The highest BCUT2D eigenvalue weighted by Crippen LogP contribution is 2.22. The number of benzene rings is 3. The third-order valence-corrected chi connectivity index (χ3v) is 5.70. The van der Waals surface area contributed by atoms with Crippen LogP contribution in [0.15, 0.2) is 78.9 Å². The van der Waals surface area contributed by atoms with Crippen LogP contribution in [0.4, 0.5) is 0 Å². The van der Waals surface area contributed by atoms with Crippen LogP contribution >= 0.6 is 0 Å². The van der Waals surface area contributed by atoms with Gasteiger partial charge in [0.25, 0.3) is 0 Å². The first-order valence-electron chi connectivity index (χ1n) is 11.1. The Kier molecular flexibility index (Phi) is 6.88. The molecule has 1 heterocycles. The van der Waals surface area contributed by atoms with Crippen molar-refractivity contribution < 1.29 is 9.47 Å². The van der Waals surface area contributed by atoms with Gasteiger partial charge >= 0.3 is 0 Å². The molecule has 0 spiro atoms. The minimum Gasteiger partial charge on any atom is -0.494 e. The Morgan fingerprint density at radius 1 is 0.839 bits per heavy atom. The molecule has 0 aliphatic rings. The Morgan fingerprint density at radius 3 is 2.32 bits per heavy atom. The van der Waals surface area contributed by atoms with E-state index in [4.69, 9.17) is 14.5 Å². The molecule has 3 aromatic carbocycles. The molecule has 0 fully saturated rings. The topological polar surface area (TPSA) is 36.3 Å². The fourth-order valence-electron chi connectivity index (χ4n) is 3.69. The highest BCUT2D eigenvalue weighted by atomic mass is 16.5. The van der Waals surface area contributed by atoms with Crippen LogP contribution in [0.5, 0.6) is 11.5 Å². The fraction of sp³-hybridized carbons (Fsp3) is 0.296. The molecule has 1 unspecified atom stereocenters. The maximum absolute atomic E-state index is 5.99. The van der Waals surface area contributed by atoms with Gasteiger partial charge in [-0.2, -0.15) is 0 Å². The molecule has 1 atom stereocenters. The summed E-state index contributed by atoms with van der Waals surface area (Å²) in [6.07, 6.45) is 2.04. The van der Waals surface area contributed by atoms with E-state index < -0.39 is 0 Å². The van der Waals surface area contributed by atoms with E-state index in [1.807, 2.05) is 42.5 Å². The highest BCUT2D eigenvalue weighted by molar-refractivity contribution is 5.75. The standard InChI is InChI=1S/C27H30N2O2/c1-3-21(2)22-14-16-24(17-15-22)30-19-9-18-29-26-13-8-7-12-25(26)28-27(29)20-31-23-10-5-4-6-11-23/h4-8,10-17,21H,3,9,18-20H2,1-2H3. The van der Waals surface area contributed by atoms with Gasteiger partial charge in [-0.1, -0.05) is 56.3 Å². The van der Waals surface area contributed by atoms with Crippen LogP contribution < -0.4 is 9.47 Å². The van der Waals surface area contributed by atoms with E-state index in [1.54, 1.807) is 0 Å². The Balaban J connectivity index is 1.38. The molecule has 0 saturated carbocycles. The van der Waals surface area contributed by atoms with Crippen LogP contribution in [-0.2, 0) is 13.2 Å². The number of imidazole rings is 1. The van der Waals surface area contributed by atoms with Gasteiger partial charge in [-0.15, -0.1) is 0 Å². The first-order chi connectivity index (χ1) is 15.2. The normalized spacial score (nSPS) is 12.1. The highest BCUT2D eigenvalue weighted by Gasteiger charge is 2.11. The largest absolute Gasteiger partial charge is 0.494 e. The SMILES string of the molecule is CCC(C)c1ccc(OCCCn2c(COc3ccccc3)nc3ccccc32)cc1. The summed E-state index contributed by atoms with van der Waals surface area (Å²) in [5, 5.41) is 0. The number of nitrogens with zero attached hydrogens (tertiary/aromatic N) is 2. The number of hydrogen-bond donors (Lipinski definition) is 0. The van der Waals surface area contributed by atoms with Crippen molar-refractivity contribution >= 4 is 11.0 Å². The van der Waals surface area contributed by atoms with Crippen molar-refractivity contribution in [3.63, 3.8) is 0 Å². The summed E-state index contributed by atoms with van der Waals surface area (Å²) in [5.74, 6) is 3.29. The van der Waals surface area contributed by atoms with Gasteiger partial charge in [-0.05, 0) is 60.7 Å². The van der Waals surface area contributed by atoms with Crippen molar-refractivity contribution in [3.05, 3.63) is 90.3 Å². The molecule has 0 saturated heterocycles. The van der Waals surface area contributed by atoms with Crippen molar-refractivity contribution in [1.29, 1.82) is 0 Å². The van der Waals surface area contributed by atoms with E-state index in [1.165, 1.54) is 5.56 Å². The van der Waals surface area contributed by atoms with Gasteiger partial charge in [0.05, 0.1) is 17.6 Å². The monoisotopic (exact) mass is 414 g/mol. The van der Waals surface area contributed by atoms with Crippen molar-refractivity contribution in [1.82, 2.24) is 9.55 Å². The first-order valence-corrected chi connectivity index (χ1v) is 11.1. The molecule has 0 N–H and O–H groups in total. The molecule has 4 nitrogen and oxygen atoms in total. The third-order valence-electron chi connectivity index (χ3n) is 5.70. The molecule has 4 aromatic rings. The van der Waals surface area contributed by atoms with Crippen LogP contribution in [-0.4, -0.2) is 16.2 Å². The van der Waals surface area contributed by atoms with E-state index in [9.17, 15) is 0 Å². The van der Waals surface area contributed by atoms with Crippen LogP contribution in [0, 0.1) is 0 Å².